The maximum absolute atomic E-state index is 13.4. The normalized spacial score (nSPS) is 16.5. The average Bonchev–Trinajstić information content (AvgIpc) is 2.60. The number of thiocarbonyl (C=S) groups is 1. The van der Waals surface area contributed by atoms with Gasteiger partial charge in [-0.05, 0) is 29.8 Å². The van der Waals surface area contributed by atoms with Gasteiger partial charge in [0.05, 0.1) is 10.6 Å². The summed E-state index contributed by atoms with van der Waals surface area (Å²) in [7, 11) is 0. The van der Waals surface area contributed by atoms with Crippen LogP contribution in [0.2, 0.25) is 5.02 Å². The Morgan fingerprint density at radius 3 is 2.76 bits per heavy atom. The van der Waals surface area contributed by atoms with Gasteiger partial charge in [0.2, 0.25) is 0 Å². The number of rotatable bonds is 3. The number of carbonyl (C=O) groups excluding carboxylic acids is 1. The number of hydrogen-bond acceptors (Lipinski definition) is 2. The minimum absolute atomic E-state index is 0.0359. The van der Waals surface area contributed by atoms with Gasteiger partial charge in [-0.3, -0.25) is 4.79 Å². The van der Waals surface area contributed by atoms with Gasteiger partial charge in [0.1, 0.15) is 5.82 Å². The van der Waals surface area contributed by atoms with Crippen LogP contribution in [0.1, 0.15) is 6.92 Å². The first kappa shape index (κ1) is 17.5. The first-order chi connectivity index (χ1) is 12.0. The van der Waals surface area contributed by atoms with E-state index in [2.05, 4.69) is 5.32 Å². The number of allylic oxidation sites excluding steroid dienone is 3. The number of halogens is 2. The highest BCUT2D eigenvalue weighted by atomic mass is 35.5. The first-order valence-corrected chi connectivity index (χ1v) is 8.54. The molecule has 3 rings (SSSR count). The van der Waals surface area contributed by atoms with Crippen LogP contribution < -0.4 is 5.32 Å². The molecule has 0 aliphatic heterocycles. The Morgan fingerprint density at radius 1 is 1.24 bits per heavy atom. The second-order valence-electron chi connectivity index (χ2n) is 5.75. The summed E-state index contributed by atoms with van der Waals surface area (Å²) in [5.74, 6) is -0.695. The van der Waals surface area contributed by atoms with E-state index in [9.17, 15) is 9.18 Å². The largest absolute Gasteiger partial charge is 0.321 e. The Labute approximate surface area is 156 Å². The third kappa shape index (κ3) is 3.70. The summed E-state index contributed by atoms with van der Waals surface area (Å²) in [6.07, 6.45) is 5.50. The molecule has 0 saturated carbocycles. The van der Waals surface area contributed by atoms with Gasteiger partial charge < -0.3 is 5.32 Å². The summed E-state index contributed by atoms with van der Waals surface area (Å²) in [5.41, 5.74) is 2.57. The van der Waals surface area contributed by atoms with Crippen molar-refractivity contribution in [1.29, 1.82) is 0 Å². The molecule has 0 radical (unpaired) electrons. The van der Waals surface area contributed by atoms with Gasteiger partial charge in [-0.15, -0.1) is 0 Å². The van der Waals surface area contributed by atoms with Crippen LogP contribution in [-0.2, 0) is 4.79 Å². The molecule has 1 atom stereocenters. The van der Waals surface area contributed by atoms with Gasteiger partial charge in [0.25, 0.3) is 5.91 Å². The summed E-state index contributed by atoms with van der Waals surface area (Å²) in [5, 5.41) is 2.93. The zero-order chi connectivity index (χ0) is 18.0. The van der Waals surface area contributed by atoms with Gasteiger partial charge in [-0.2, -0.15) is 0 Å². The van der Waals surface area contributed by atoms with Crippen LogP contribution in [0.3, 0.4) is 0 Å². The Kier molecular flexibility index (Phi) is 5.11. The number of carbonyl (C=O) groups is 1. The van der Waals surface area contributed by atoms with Crippen LogP contribution in [-0.4, -0.2) is 10.8 Å². The minimum atomic E-state index is -0.481. The van der Waals surface area contributed by atoms with E-state index in [1.807, 2.05) is 37.3 Å². The second kappa shape index (κ2) is 7.30. The molecule has 5 heteroatoms. The average molecular weight is 372 g/mol. The number of para-hydroxylation sites is 1. The number of hydrogen-bond donors (Lipinski definition) is 1. The zero-order valence-electron chi connectivity index (χ0n) is 13.4. The lowest BCUT2D eigenvalue weighted by molar-refractivity contribution is -0.112. The lowest BCUT2D eigenvalue weighted by Gasteiger charge is -2.17. The van der Waals surface area contributed by atoms with Gasteiger partial charge in [0.15, 0.2) is 0 Å². The molecule has 0 spiro atoms. The van der Waals surface area contributed by atoms with Crippen molar-refractivity contribution in [3.63, 3.8) is 0 Å². The van der Waals surface area contributed by atoms with Gasteiger partial charge in [0, 0.05) is 22.0 Å². The summed E-state index contributed by atoms with van der Waals surface area (Å²) in [6.45, 7) is 1.95. The molecular formula is C20H15ClFNOS. The number of anilines is 1. The molecule has 1 amide bonds. The Hall–Kier alpha value is -2.30. The molecule has 2 aromatic carbocycles. The highest BCUT2D eigenvalue weighted by Gasteiger charge is 2.21. The molecule has 1 aliphatic rings. The number of amides is 1. The second-order valence-corrected chi connectivity index (χ2v) is 6.59. The SMILES string of the molecule is C[C@@H]1C=CC=C(C(=O)Nc2ccccc2-c2ccc(F)c(Cl)c2)C1=S. The maximum atomic E-state index is 13.4. The van der Waals surface area contributed by atoms with Crippen LogP contribution in [0.25, 0.3) is 11.1 Å². The Bertz CT molecular complexity index is 920. The fourth-order valence-electron chi connectivity index (χ4n) is 2.62. The molecule has 0 fully saturated rings. The van der Waals surface area contributed by atoms with Crippen molar-refractivity contribution >= 4 is 40.3 Å². The van der Waals surface area contributed by atoms with Crippen LogP contribution >= 0.6 is 23.8 Å². The van der Waals surface area contributed by atoms with Crippen molar-refractivity contribution in [1.82, 2.24) is 0 Å². The van der Waals surface area contributed by atoms with Crippen molar-refractivity contribution in [2.45, 2.75) is 6.92 Å². The first-order valence-electron chi connectivity index (χ1n) is 7.76. The quantitative estimate of drug-likeness (QED) is 0.713. The van der Waals surface area contributed by atoms with Crippen LogP contribution in [0, 0.1) is 11.7 Å². The van der Waals surface area contributed by atoms with E-state index in [1.165, 1.54) is 12.1 Å². The monoisotopic (exact) mass is 371 g/mol. The van der Waals surface area contributed by atoms with Crippen molar-refractivity contribution < 1.29 is 9.18 Å². The predicted molar refractivity (Wildman–Crippen MR) is 104 cm³/mol. The smallest absolute Gasteiger partial charge is 0.256 e. The summed E-state index contributed by atoms with van der Waals surface area (Å²) in [6, 6.07) is 11.8. The van der Waals surface area contributed by atoms with Crippen molar-refractivity contribution in [2.75, 3.05) is 5.32 Å². The molecule has 0 unspecified atom stereocenters. The fraction of sp³-hybridized carbons (Fsp3) is 0.100. The molecule has 126 valence electrons. The Balaban J connectivity index is 1.93. The third-order valence-electron chi connectivity index (χ3n) is 3.99. The van der Waals surface area contributed by atoms with E-state index in [0.717, 1.165) is 11.1 Å². The lowest BCUT2D eigenvalue weighted by Crippen LogP contribution is -2.24. The van der Waals surface area contributed by atoms with E-state index in [-0.39, 0.29) is 16.8 Å². The number of benzene rings is 2. The molecule has 2 aromatic rings. The topological polar surface area (TPSA) is 29.1 Å². The van der Waals surface area contributed by atoms with Crippen LogP contribution in [0.5, 0.6) is 0 Å². The van der Waals surface area contributed by atoms with E-state index in [1.54, 1.807) is 18.2 Å². The molecule has 0 bridgehead atoms. The van der Waals surface area contributed by atoms with E-state index in [0.29, 0.717) is 16.1 Å². The molecule has 1 aliphatic carbocycles. The van der Waals surface area contributed by atoms with Crippen LogP contribution in [0.15, 0.2) is 66.3 Å². The lowest BCUT2D eigenvalue weighted by atomic mass is 9.95. The minimum Gasteiger partial charge on any atom is -0.321 e. The Morgan fingerprint density at radius 2 is 2.00 bits per heavy atom. The van der Waals surface area contributed by atoms with Crippen molar-refractivity contribution in [2.24, 2.45) is 5.92 Å². The van der Waals surface area contributed by atoms with Crippen LogP contribution in [0.4, 0.5) is 10.1 Å². The number of nitrogens with one attached hydrogen (secondary N) is 1. The summed E-state index contributed by atoms with van der Waals surface area (Å²) >= 11 is 11.2. The molecule has 2 nitrogen and oxygen atoms in total. The van der Waals surface area contributed by atoms with Gasteiger partial charge >= 0.3 is 0 Å². The van der Waals surface area contributed by atoms with Gasteiger partial charge in [-0.25, -0.2) is 4.39 Å². The van der Waals surface area contributed by atoms with Gasteiger partial charge in [-0.1, -0.05) is 67.2 Å². The zero-order valence-corrected chi connectivity index (χ0v) is 15.0. The summed E-state index contributed by atoms with van der Waals surface area (Å²) in [4.78, 5) is 13.3. The molecule has 0 aromatic heterocycles. The molecule has 0 saturated heterocycles. The van der Waals surface area contributed by atoms with E-state index >= 15 is 0 Å². The predicted octanol–water partition coefficient (Wildman–Crippen LogP) is 5.59. The summed E-state index contributed by atoms with van der Waals surface area (Å²) < 4.78 is 13.4. The third-order valence-corrected chi connectivity index (χ3v) is 4.87. The maximum Gasteiger partial charge on any atom is 0.256 e. The standard InChI is InChI=1S/C20H15ClFNOS/c1-12-5-4-7-15(19(12)25)20(24)23-18-8-3-2-6-14(18)13-9-10-17(22)16(21)11-13/h2-12H,1H3,(H,23,24)/t12-/m1/s1. The molecular weight excluding hydrogens is 357 g/mol. The highest BCUT2D eigenvalue weighted by molar-refractivity contribution is 7.81. The fourth-order valence-corrected chi connectivity index (χ4v) is 3.04. The van der Waals surface area contributed by atoms with Crippen molar-refractivity contribution in [3.8, 4) is 11.1 Å². The molecule has 0 heterocycles. The van der Waals surface area contributed by atoms with E-state index in [4.69, 9.17) is 23.8 Å². The molecule has 1 N–H and O–H groups in total. The van der Waals surface area contributed by atoms with Crippen molar-refractivity contribution in [3.05, 3.63) is 77.1 Å². The highest BCUT2D eigenvalue weighted by Crippen LogP contribution is 2.31. The molecule has 25 heavy (non-hydrogen) atoms. The van der Waals surface area contributed by atoms with E-state index < -0.39 is 5.82 Å².